The molecule has 1 aromatic carbocycles. The lowest BCUT2D eigenvalue weighted by molar-refractivity contribution is 0.199. The minimum atomic E-state index is -0.458. The van der Waals surface area contributed by atoms with Crippen LogP contribution in [-0.2, 0) is 6.54 Å². The number of furan rings is 1. The average molecular weight is 385 g/mol. The predicted octanol–water partition coefficient (Wildman–Crippen LogP) is 4.09. The first-order valence-corrected chi connectivity index (χ1v) is 7.79. The predicted molar refractivity (Wildman–Crippen MR) is 87.8 cm³/mol. The van der Waals surface area contributed by atoms with Gasteiger partial charge in [-0.1, -0.05) is 6.07 Å². The second kappa shape index (κ2) is 7.50. The summed E-state index contributed by atoms with van der Waals surface area (Å²) in [4.78, 5) is 13.7. The molecular weight excluding hydrogens is 367 g/mol. The normalized spacial score (nSPS) is 11.9. The molecule has 1 N–H and O–H groups in total. The number of halogens is 2. The lowest BCUT2D eigenvalue weighted by Gasteiger charge is -2.21. The maximum atomic E-state index is 13.7. The van der Waals surface area contributed by atoms with Crippen LogP contribution < -0.4 is 10.1 Å². The smallest absolute Gasteiger partial charge is 0.318 e. The molecule has 1 heterocycles. The number of urea groups is 1. The summed E-state index contributed by atoms with van der Waals surface area (Å²) in [6.45, 7) is 2.12. The van der Waals surface area contributed by atoms with Crippen LogP contribution in [-0.4, -0.2) is 25.1 Å². The molecule has 7 heteroatoms. The Bertz CT molecular complexity index is 690. The fourth-order valence-electron chi connectivity index (χ4n) is 2.07. The number of nitrogens with one attached hydrogen (secondary N) is 1. The van der Waals surface area contributed by atoms with Gasteiger partial charge in [-0.3, -0.25) is 0 Å². The minimum Gasteiger partial charge on any atom is -0.494 e. The van der Waals surface area contributed by atoms with Gasteiger partial charge in [-0.15, -0.1) is 0 Å². The van der Waals surface area contributed by atoms with E-state index in [2.05, 4.69) is 21.2 Å². The lowest BCUT2D eigenvalue weighted by atomic mass is 10.1. The Hall–Kier alpha value is -2.02. The number of rotatable bonds is 5. The summed E-state index contributed by atoms with van der Waals surface area (Å²) in [5.74, 6) is 0.380. The van der Waals surface area contributed by atoms with Crippen LogP contribution in [0.15, 0.2) is 39.4 Å². The summed E-state index contributed by atoms with van der Waals surface area (Å²) in [6, 6.07) is 7.55. The van der Waals surface area contributed by atoms with Gasteiger partial charge in [-0.25, -0.2) is 9.18 Å². The Labute approximate surface area is 142 Å². The van der Waals surface area contributed by atoms with Crippen LogP contribution in [0.2, 0.25) is 0 Å². The molecule has 0 aliphatic heterocycles. The molecule has 1 aromatic heterocycles. The molecule has 2 aromatic rings. The first kappa shape index (κ1) is 17.3. The summed E-state index contributed by atoms with van der Waals surface area (Å²) in [6.07, 6.45) is 0. The molecule has 0 saturated heterocycles. The van der Waals surface area contributed by atoms with Crippen molar-refractivity contribution in [1.82, 2.24) is 10.2 Å². The van der Waals surface area contributed by atoms with Crippen molar-refractivity contribution in [2.45, 2.75) is 19.5 Å². The SMILES string of the molecule is COc1ccc(C(C)NC(=O)N(C)Cc2ccc(Br)o2)cc1F. The molecule has 1 unspecified atom stereocenters. The summed E-state index contributed by atoms with van der Waals surface area (Å²) >= 11 is 3.22. The third kappa shape index (κ3) is 4.48. The highest BCUT2D eigenvalue weighted by Crippen LogP contribution is 2.22. The monoisotopic (exact) mass is 384 g/mol. The zero-order valence-electron chi connectivity index (χ0n) is 13.1. The molecule has 5 nitrogen and oxygen atoms in total. The van der Waals surface area contributed by atoms with Gasteiger partial charge in [0.05, 0.1) is 19.7 Å². The van der Waals surface area contributed by atoms with Crippen molar-refractivity contribution in [2.24, 2.45) is 0 Å². The Morgan fingerprint density at radius 2 is 2.17 bits per heavy atom. The molecule has 2 amide bonds. The van der Waals surface area contributed by atoms with E-state index in [4.69, 9.17) is 9.15 Å². The van der Waals surface area contributed by atoms with Crippen molar-refractivity contribution in [3.05, 3.63) is 52.1 Å². The molecule has 1 atom stereocenters. The molecule has 124 valence electrons. The first-order chi connectivity index (χ1) is 10.9. The highest BCUT2D eigenvalue weighted by Gasteiger charge is 2.16. The van der Waals surface area contributed by atoms with Crippen molar-refractivity contribution < 1.29 is 18.3 Å². The number of hydrogen-bond acceptors (Lipinski definition) is 3. The number of hydrogen-bond donors (Lipinski definition) is 1. The number of carbonyl (C=O) groups is 1. The van der Waals surface area contributed by atoms with E-state index in [1.54, 1.807) is 32.2 Å². The van der Waals surface area contributed by atoms with E-state index in [1.165, 1.54) is 24.1 Å². The lowest BCUT2D eigenvalue weighted by Crippen LogP contribution is -2.38. The van der Waals surface area contributed by atoms with Crippen molar-refractivity contribution in [3.8, 4) is 5.75 Å². The highest BCUT2D eigenvalue weighted by molar-refractivity contribution is 9.10. The molecular formula is C16H18BrFN2O3. The van der Waals surface area contributed by atoms with Crippen LogP contribution in [0.1, 0.15) is 24.3 Å². The summed E-state index contributed by atoms with van der Waals surface area (Å²) in [5.41, 5.74) is 0.658. The van der Waals surface area contributed by atoms with Crippen LogP contribution in [0.4, 0.5) is 9.18 Å². The van der Waals surface area contributed by atoms with Crippen molar-refractivity contribution in [2.75, 3.05) is 14.2 Å². The standard InChI is InChI=1S/C16H18BrFN2O3/c1-10(11-4-6-14(22-3)13(18)8-11)19-16(21)20(2)9-12-5-7-15(17)23-12/h4-8,10H,9H2,1-3H3,(H,19,21). The van der Waals surface area contributed by atoms with Crippen LogP contribution in [0, 0.1) is 5.82 Å². The Balaban J connectivity index is 1.97. The number of amides is 2. The second-order valence-electron chi connectivity index (χ2n) is 5.13. The summed E-state index contributed by atoms with van der Waals surface area (Å²) in [7, 11) is 3.07. The third-order valence-corrected chi connectivity index (χ3v) is 3.81. The van der Waals surface area contributed by atoms with Gasteiger partial charge in [0, 0.05) is 7.05 Å². The fraction of sp³-hybridized carbons (Fsp3) is 0.312. The molecule has 0 bridgehead atoms. The van der Waals surface area contributed by atoms with Gasteiger partial charge >= 0.3 is 6.03 Å². The average Bonchev–Trinajstić information content (AvgIpc) is 2.92. The summed E-state index contributed by atoms with van der Waals surface area (Å²) in [5, 5.41) is 2.81. The molecule has 0 radical (unpaired) electrons. The van der Waals surface area contributed by atoms with Gasteiger partial charge < -0.3 is 19.4 Å². The molecule has 0 spiro atoms. The van der Waals surface area contributed by atoms with Gasteiger partial charge in [0.15, 0.2) is 16.2 Å². The van der Waals surface area contributed by atoms with E-state index in [0.717, 1.165) is 0 Å². The van der Waals surface area contributed by atoms with Gasteiger partial charge in [-0.2, -0.15) is 0 Å². The van der Waals surface area contributed by atoms with Crippen LogP contribution in [0.5, 0.6) is 5.75 Å². The van der Waals surface area contributed by atoms with Gasteiger partial charge in [0.25, 0.3) is 0 Å². The molecule has 2 rings (SSSR count). The zero-order chi connectivity index (χ0) is 17.0. The first-order valence-electron chi connectivity index (χ1n) is 7.00. The largest absolute Gasteiger partial charge is 0.494 e. The van der Waals surface area contributed by atoms with E-state index in [9.17, 15) is 9.18 Å². The zero-order valence-corrected chi connectivity index (χ0v) is 14.7. The second-order valence-corrected chi connectivity index (χ2v) is 5.91. The Kier molecular flexibility index (Phi) is 5.65. The van der Waals surface area contributed by atoms with Gasteiger partial charge in [0.2, 0.25) is 0 Å². The molecule has 0 saturated carbocycles. The summed E-state index contributed by atoms with van der Waals surface area (Å²) < 4.78 is 24.6. The van der Waals surface area contributed by atoms with Crippen LogP contribution >= 0.6 is 15.9 Å². The van der Waals surface area contributed by atoms with E-state index < -0.39 is 5.82 Å². The minimum absolute atomic E-state index is 0.174. The van der Waals surface area contributed by atoms with E-state index in [0.29, 0.717) is 22.5 Å². The maximum absolute atomic E-state index is 13.7. The van der Waals surface area contributed by atoms with Crippen LogP contribution in [0.25, 0.3) is 0 Å². The number of ether oxygens (including phenoxy) is 1. The number of carbonyl (C=O) groups excluding carboxylic acids is 1. The van der Waals surface area contributed by atoms with Crippen molar-refractivity contribution in [3.63, 3.8) is 0 Å². The molecule has 0 fully saturated rings. The molecule has 23 heavy (non-hydrogen) atoms. The fourth-order valence-corrected chi connectivity index (χ4v) is 2.41. The molecule has 0 aliphatic carbocycles. The number of nitrogens with zero attached hydrogens (tertiary/aromatic N) is 1. The Morgan fingerprint density at radius 1 is 1.43 bits per heavy atom. The number of benzene rings is 1. The highest BCUT2D eigenvalue weighted by atomic mass is 79.9. The topological polar surface area (TPSA) is 54.7 Å². The Morgan fingerprint density at radius 3 is 2.74 bits per heavy atom. The van der Waals surface area contributed by atoms with Crippen molar-refractivity contribution in [1.29, 1.82) is 0 Å². The van der Waals surface area contributed by atoms with E-state index in [1.807, 2.05) is 0 Å². The number of methoxy groups -OCH3 is 1. The van der Waals surface area contributed by atoms with E-state index in [-0.39, 0.29) is 17.8 Å². The van der Waals surface area contributed by atoms with Gasteiger partial charge in [0.1, 0.15) is 5.76 Å². The maximum Gasteiger partial charge on any atom is 0.318 e. The quantitative estimate of drug-likeness (QED) is 0.844. The third-order valence-electron chi connectivity index (χ3n) is 3.38. The van der Waals surface area contributed by atoms with Crippen molar-refractivity contribution >= 4 is 22.0 Å². The molecule has 0 aliphatic rings. The van der Waals surface area contributed by atoms with Gasteiger partial charge in [-0.05, 0) is 52.7 Å². The van der Waals surface area contributed by atoms with Crippen LogP contribution in [0.3, 0.4) is 0 Å². The van der Waals surface area contributed by atoms with E-state index >= 15 is 0 Å².